The molecule has 1 N–H and O–H groups in total. The maximum absolute atomic E-state index is 13.3. The highest BCUT2D eigenvalue weighted by atomic mass is 35.5. The molecule has 4 heteroatoms. The third-order valence-electron chi connectivity index (χ3n) is 3.19. The van der Waals surface area contributed by atoms with Crippen molar-refractivity contribution in [3.63, 3.8) is 0 Å². The van der Waals surface area contributed by atoms with Crippen LogP contribution in [-0.2, 0) is 0 Å². The van der Waals surface area contributed by atoms with Gasteiger partial charge in [-0.2, -0.15) is 0 Å². The molecule has 1 saturated heterocycles. The van der Waals surface area contributed by atoms with Crippen molar-refractivity contribution < 1.29 is 4.39 Å². The summed E-state index contributed by atoms with van der Waals surface area (Å²) in [5, 5.41) is 4.07. The molecule has 1 atom stereocenters. The van der Waals surface area contributed by atoms with Gasteiger partial charge in [-0.25, -0.2) is 4.39 Å². The van der Waals surface area contributed by atoms with E-state index in [4.69, 9.17) is 11.6 Å². The topological polar surface area (TPSA) is 15.3 Å². The van der Waals surface area contributed by atoms with E-state index in [1.165, 1.54) is 12.1 Å². The second kappa shape index (κ2) is 4.46. The fourth-order valence-electron chi connectivity index (χ4n) is 2.20. The average Bonchev–Trinajstić information content (AvgIpc) is 2.25. The van der Waals surface area contributed by atoms with Gasteiger partial charge < -0.3 is 10.2 Å². The van der Waals surface area contributed by atoms with Crippen molar-refractivity contribution >= 4 is 17.3 Å². The van der Waals surface area contributed by atoms with Crippen LogP contribution in [0.5, 0.6) is 0 Å². The molecule has 2 rings (SSSR count). The SMILES string of the molecule is CC1CNC(C)(C)CN1c1cc(F)ccc1Cl. The molecule has 1 heterocycles. The predicted molar refractivity (Wildman–Crippen MR) is 70.3 cm³/mol. The van der Waals surface area contributed by atoms with E-state index in [0.29, 0.717) is 11.1 Å². The molecular formula is C13H18ClFN2. The maximum atomic E-state index is 13.3. The molecule has 0 bridgehead atoms. The minimum atomic E-state index is -0.243. The van der Waals surface area contributed by atoms with E-state index in [9.17, 15) is 4.39 Å². The Morgan fingerprint density at radius 1 is 1.47 bits per heavy atom. The zero-order valence-electron chi connectivity index (χ0n) is 10.4. The number of piperazine rings is 1. The van der Waals surface area contributed by atoms with Gasteiger partial charge >= 0.3 is 0 Å². The Bertz CT molecular complexity index is 420. The van der Waals surface area contributed by atoms with E-state index >= 15 is 0 Å². The monoisotopic (exact) mass is 256 g/mol. The van der Waals surface area contributed by atoms with E-state index < -0.39 is 0 Å². The molecule has 1 aliphatic heterocycles. The van der Waals surface area contributed by atoms with Crippen molar-refractivity contribution in [1.82, 2.24) is 5.32 Å². The van der Waals surface area contributed by atoms with Gasteiger partial charge in [-0.05, 0) is 39.0 Å². The molecule has 0 aliphatic carbocycles. The lowest BCUT2D eigenvalue weighted by molar-refractivity contribution is 0.318. The lowest BCUT2D eigenvalue weighted by atomic mass is 9.98. The van der Waals surface area contributed by atoms with Crippen molar-refractivity contribution in [2.45, 2.75) is 32.4 Å². The third kappa shape index (κ3) is 2.72. The number of rotatable bonds is 1. The normalized spacial score (nSPS) is 23.8. The van der Waals surface area contributed by atoms with Gasteiger partial charge in [0.15, 0.2) is 0 Å². The van der Waals surface area contributed by atoms with Crippen molar-refractivity contribution in [2.24, 2.45) is 0 Å². The predicted octanol–water partition coefficient (Wildman–Crippen LogP) is 3.06. The summed E-state index contributed by atoms with van der Waals surface area (Å²) in [6, 6.07) is 4.83. The first kappa shape index (κ1) is 12.7. The van der Waals surface area contributed by atoms with E-state index in [1.807, 2.05) is 0 Å². The second-order valence-corrected chi connectivity index (χ2v) is 5.74. The molecule has 1 aliphatic rings. The molecular weight excluding hydrogens is 239 g/mol. The summed E-state index contributed by atoms with van der Waals surface area (Å²) < 4.78 is 13.3. The molecule has 1 aromatic carbocycles. The van der Waals surface area contributed by atoms with Crippen LogP contribution in [0.25, 0.3) is 0 Å². The van der Waals surface area contributed by atoms with Crippen LogP contribution < -0.4 is 10.2 Å². The summed E-state index contributed by atoms with van der Waals surface area (Å²) in [5.41, 5.74) is 0.802. The van der Waals surface area contributed by atoms with Gasteiger partial charge in [0.1, 0.15) is 5.82 Å². The molecule has 0 aromatic heterocycles. The Balaban J connectivity index is 2.34. The van der Waals surface area contributed by atoms with Crippen LogP contribution in [0.4, 0.5) is 10.1 Å². The molecule has 1 unspecified atom stereocenters. The lowest BCUT2D eigenvalue weighted by Crippen LogP contribution is -2.61. The lowest BCUT2D eigenvalue weighted by Gasteiger charge is -2.45. The fraction of sp³-hybridized carbons (Fsp3) is 0.538. The summed E-state index contributed by atoms with van der Waals surface area (Å²) in [5.74, 6) is -0.243. The molecule has 0 radical (unpaired) electrons. The van der Waals surface area contributed by atoms with Crippen LogP contribution >= 0.6 is 11.6 Å². The minimum absolute atomic E-state index is 0.0160. The first-order valence-corrected chi connectivity index (χ1v) is 6.23. The van der Waals surface area contributed by atoms with Crippen LogP contribution in [0, 0.1) is 5.82 Å². The number of halogens is 2. The van der Waals surface area contributed by atoms with Crippen LogP contribution in [0.3, 0.4) is 0 Å². The standard InChI is InChI=1S/C13H18ClFN2/c1-9-7-16-13(2,3)8-17(9)12-6-10(15)4-5-11(12)14/h4-6,9,16H,7-8H2,1-3H3. The minimum Gasteiger partial charge on any atom is -0.364 e. The number of nitrogens with one attached hydrogen (secondary N) is 1. The Morgan fingerprint density at radius 2 is 2.18 bits per heavy atom. The first-order chi connectivity index (χ1) is 7.89. The van der Waals surface area contributed by atoms with E-state index in [0.717, 1.165) is 18.8 Å². The third-order valence-corrected chi connectivity index (χ3v) is 3.51. The molecule has 1 aromatic rings. The second-order valence-electron chi connectivity index (χ2n) is 5.34. The van der Waals surface area contributed by atoms with Gasteiger partial charge in [0.25, 0.3) is 0 Å². The Hall–Kier alpha value is -0.800. The number of nitrogens with zero attached hydrogens (tertiary/aromatic N) is 1. The van der Waals surface area contributed by atoms with Crippen molar-refractivity contribution in [3.05, 3.63) is 29.0 Å². The highest BCUT2D eigenvalue weighted by molar-refractivity contribution is 6.33. The van der Waals surface area contributed by atoms with Gasteiger partial charge in [-0.15, -0.1) is 0 Å². The van der Waals surface area contributed by atoms with Crippen LogP contribution in [0.15, 0.2) is 18.2 Å². The molecule has 17 heavy (non-hydrogen) atoms. The number of benzene rings is 1. The van der Waals surface area contributed by atoms with E-state index in [-0.39, 0.29) is 11.4 Å². The van der Waals surface area contributed by atoms with Crippen molar-refractivity contribution in [1.29, 1.82) is 0 Å². The zero-order valence-corrected chi connectivity index (χ0v) is 11.2. The van der Waals surface area contributed by atoms with Gasteiger partial charge in [0.2, 0.25) is 0 Å². The van der Waals surface area contributed by atoms with Gasteiger partial charge in [-0.3, -0.25) is 0 Å². The molecule has 2 nitrogen and oxygen atoms in total. The quantitative estimate of drug-likeness (QED) is 0.831. The van der Waals surface area contributed by atoms with Crippen LogP contribution in [0.2, 0.25) is 5.02 Å². The zero-order chi connectivity index (χ0) is 12.6. The number of anilines is 1. The maximum Gasteiger partial charge on any atom is 0.125 e. The number of hydrogen-bond acceptors (Lipinski definition) is 2. The van der Waals surface area contributed by atoms with Crippen molar-refractivity contribution in [3.8, 4) is 0 Å². The molecule has 0 amide bonds. The first-order valence-electron chi connectivity index (χ1n) is 5.86. The molecule has 1 fully saturated rings. The van der Waals surface area contributed by atoms with E-state index in [1.54, 1.807) is 6.07 Å². The largest absolute Gasteiger partial charge is 0.364 e. The van der Waals surface area contributed by atoms with Gasteiger partial charge in [0, 0.05) is 24.7 Å². The Morgan fingerprint density at radius 3 is 2.88 bits per heavy atom. The summed E-state index contributed by atoms with van der Waals surface area (Å²) >= 11 is 6.16. The fourth-order valence-corrected chi connectivity index (χ4v) is 2.43. The number of hydrogen-bond donors (Lipinski definition) is 1. The smallest absolute Gasteiger partial charge is 0.125 e. The van der Waals surface area contributed by atoms with Gasteiger partial charge in [-0.1, -0.05) is 11.6 Å². The highest BCUT2D eigenvalue weighted by Gasteiger charge is 2.31. The molecule has 94 valence electrons. The summed E-state index contributed by atoms with van der Waals surface area (Å²) in [6.45, 7) is 8.08. The van der Waals surface area contributed by atoms with E-state index in [2.05, 4.69) is 31.0 Å². The summed E-state index contributed by atoms with van der Waals surface area (Å²) in [4.78, 5) is 2.17. The summed E-state index contributed by atoms with van der Waals surface area (Å²) in [7, 11) is 0. The van der Waals surface area contributed by atoms with Gasteiger partial charge in [0.05, 0.1) is 10.7 Å². The molecule has 0 spiro atoms. The van der Waals surface area contributed by atoms with Crippen LogP contribution in [-0.4, -0.2) is 24.7 Å². The molecule has 0 saturated carbocycles. The average molecular weight is 257 g/mol. The Labute approximate surface area is 107 Å². The highest BCUT2D eigenvalue weighted by Crippen LogP contribution is 2.30. The summed E-state index contributed by atoms with van der Waals surface area (Å²) in [6.07, 6.45) is 0. The Kier molecular flexibility index (Phi) is 3.32. The van der Waals surface area contributed by atoms with Crippen LogP contribution in [0.1, 0.15) is 20.8 Å². The van der Waals surface area contributed by atoms with Crippen molar-refractivity contribution in [2.75, 3.05) is 18.0 Å².